The van der Waals surface area contributed by atoms with Crippen LogP contribution in [0.2, 0.25) is 0 Å². The molecule has 31 heavy (non-hydrogen) atoms. The molecule has 0 spiro atoms. The first-order chi connectivity index (χ1) is 14.7. The van der Waals surface area contributed by atoms with E-state index in [0.29, 0.717) is 35.3 Å². The van der Waals surface area contributed by atoms with Crippen LogP contribution in [0.25, 0.3) is 10.2 Å². The molecule has 164 valence electrons. The Morgan fingerprint density at radius 1 is 1.06 bits per heavy atom. The Balaban J connectivity index is 1.61. The quantitative estimate of drug-likeness (QED) is 0.598. The first-order valence-corrected chi connectivity index (χ1v) is 12.7. The largest absolute Gasteiger partial charge is 0.319 e. The van der Waals surface area contributed by atoms with Crippen LogP contribution in [0, 0.1) is 18.8 Å². The Hall–Kier alpha value is -2.29. The molecule has 0 N–H and O–H groups in total. The van der Waals surface area contributed by atoms with Crippen molar-refractivity contribution in [1.82, 2.24) is 8.87 Å². The minimum atomic E-state index is -3.57. The fourth-order valence-electron chi connectivity index (χ4n) is 4.38. The maximum absolute atomic E-state index is 13.0. The van der Waals surface area contributed by atoms with Gasteiger partial charge in [-0.05, 0) is 61.1 Å². The highest BCUT2D eigenvalue weighted by atomic mass is 32.2. The molecule has 3 aromatic rings. The number of aryl methyl sites for hydroxylation is 2. The summed E-state index contributed by atoms with van der Waals surface area (Å²) in [4.78, 5) is 17.9. The average Bonchev–Trinajstić information content (AvgIpc) is 3.04. The number of carbonyl (C=O) groups excluding carboxylic acids is 1. The van der Waals surface area contributed by atoms with Crippen molar-refractivity contribution < 1.29 is 13.2 Å². The molecule has 0 unspecified atom stereocenters. The van der Waals surface area contributed by atoms with Gasteiger partial charge in [0, 0.05) is 25.7 Å². The number of hydrogen-bond acceptors (Lipinski definition) is 4. The van der Waals surface area contributed by atoms with Crippen molar-refractivity contribution in [2.24, 2.45) is 23.9 Å². The van der Waals surface area contributed by atoms with E-state index in [4.69, 9.17) is 0 Å². The van der Waals surface area contributed by atoms with Crippen molar-refractivity contribution in [2.45, 2.75) is 32.1 Å². The smallest absolute Gasteiger partial charge is 0.279 e. The van der Waals surface area contributed by atoms with Crippen LogP contribution in [0.1, 0.15) is 36.2 Å². The van der Waals surface area contributed by atoms with Crippen LogP contribution < -0.4 is 4.80 Å². The van der Waals surface area contributed by atoms with Gasteiger partial charge in [-0.3, -0.25) is 4.79 Å². The zero-order chi connectivity index (χ0) is 22.3. The van der Waals surface area contributed by atoms with Gasteiger partial charge >= 0.3 is 0 Å². The molecule has 2 aromatic carbocycles. The number of thiazole rings is 1. The van der Waals surface area contributed by atoms with Crippen LogP contribution in [0.5, 0.6) is 0 Å². The molecule has 2 atom stereocenters. The van der Waals surface area contributed by atoms with E-state index in [1.165, 1.54) is 23.5 Å². The topological polar surface area (TPSA) is 71.7 Å². The molecule has 1 aliphatic rings. The Morgan fingerprint density at radius 3 is 2.32 bits per heavy atom. The highest BCUT2D eigenvalue weighted by Gasteiger charge is 2.31. The lowest BCUT2D eigenvalue weighted by Gasteiger charge is -2.34. The van der Waals surface area contributed by atoms with Gasteiger partial charge < -0.3 is 4.57 Å². The zero-order valence-corrected chi connectivity index (χ0v) is 19.8. The summed E-state index contributed by atoms with van der Waals surface area (Å²) >= 11 is 1.46. The van der Waals surface area contributed by atoms with Crippen LogP contribution in [0.3, 0.4) is 0 Å². The third-order valence-corrected chi connectivity index (χ3v) is 8.74. The van der Waals surface area contributed by atoms with Crippen molar-refractivity contribution in [3.05, 3.63) is 58.4 Å². The van der Waals surface area contributed by atoms with Crippen LogP contribution in [0.4, 0.5) is 0 Å². The third kappa shape index (κ3) is 4.24. The fraction of sp³-hybridized carbons (Fsp3) is 0.391. The summed E-state index contributed by atoms with van der Waals surface area (Å²) in [5.74, 6) is 0.289. The number of piperidine rings is 1. The van der Waals surface area contributed by atoms with Crippen molar-refractivity contribution in [2.75, 3.05) is 13.1 Å². The first-order valence-electron chi connectivity index (χ1n) is 10.4. The number of hydrogen-bond donors (Lipinski definition) is 0. The average molecular weight is 458 g/mol. The maximum Gasteiger partial charge on any atom is 0.279 e. The molecule has 1 aliphatic heterocycles. The Labute approximate surface area is 186 Å². The van der Waals surface area contributed by atoms with Crippen molar-refractivity contribution in [1.29, 1.82) is 0 Å². The predicted molar refractivity (Wildman–Crippen MR) is 124 cm³/mol. The van der Waals surface area contributed by atoms with Crippen LogP contribution >= 0.6 is 11.3 Å². The SMILES string of the molecule is Cc1cccc2sc(=NC(=O)c3ccc(S(=O)(=O)N4C[C@H](C)C[C@@H](C)C4)cc3)n(C)c12. The van der Waals surface area contributed by atoms with Gasteiger partial charge in [0.1, 0.15) is 0 Å². The lowest BCUT2D eigenvalue weighted by atomic mass is 9.94. The second-order valence-corrected chi connectivity index (χ2v) is 11.5. The van der Waals surface area contributed by atoms with E-state index < -0.39 is 10.0 Å². The van der Waals surface area contributed by atoms with Crippen LogP contribution in [-0.4, -0.2) is 36.3 Å². The number of fused-ring (bicyclic) bond motifs is 1. The highest BCUT2D eigenvalue weighted by molar-refractivity contribution is 7.89. The number of sulfonamides is 1. The van der Waals surface area contributed by atoms with Gasteiger partial charge in [0.2, 0.25) is 10.0 Å². The van der Waals surface area contributed by atoms with Gasteiger partial charge in [-0.15, -0.1) is 0 Å². The van der Waals surface area contributed by atoms with Crippen molar-refractivity contribution in [3.63, 3.8) is 0 Å². The van der Waals surface area contributed by atoms with E-state index in [2.05, 4.69) is 18.8 Å². The summed E-state index contributed by atoms with van der Waals surface area (Å²) in [6.45, 7) is 7.26. The normalized spacial score (nSPS) is 21.0. The minimum Gasteiger partial charge on any atom is -0.319 e. The van der Waals surface area contributed by atoms with Crippen molar-refractivity contribution >= 4 is 37.5 Å². The van der Waals surface area contributed by atoms with E-state index in [1.54, 1.807) is 16.4 Å². The van der Waals surface area contributed by atoms with Gasteiger partial charge in [-0.1, -0.05) is 37.3 Å². The second kappa shape index (κ2) is 8.33. The minimum absolute atomic E-state index is 0.216. The monoisotopic (exact) mass is 457 g/mol. The highest BCUT2D eigenvalue weighted by Crippen LogP contribution is 2.27. The van der Waals surface area contributed by atoms with E-state index in [9.17, 15) is 13.2 Å². The molecule has 2 heterocycles. The number of amides is 1. The molecule has 0 saturated carbocycles. The van der Waals surface area contributed by atoms with E-state index in [1.807, 2.05) is 36.7 Å². The summed E-state index contributed by atoms with van der Waals surface area (Å²) in [5.41, 5.74) is 2.56. The Kier molecular flexibility index (Phi) is 5.89. The molecule has 1 saturated heterocycles. The molecule has 1 fully saturated rings. The predicted octanol–water partition coefficient (Wildman–Crippen LogP) is 3.96. The van der Waals surface area contributed by atoms with Gasteiger partial charge in [-0.2, -0.15) is 9.30 Å². The summed E-state index contributed by atoms with van der Waals surface area (Å²) in [7, 11) is -1.67. The lowest BCUT2D eigenvalue weighted by Crippen LogP contribution is -2.42. The number of benzene rings is 2. The molecule has 4 rings (SSSR count). The maximum atomic E-state index is 13.0. The lowest BCUT2D eigenvalue weighted by molar-refractivity contribution is 0.0998. The van der Waals surface area contributed by atoms with Gasteiger partial charge in [0.05, 0.1) is 15.1 Å². The Bertz CT molecular complexity index is 1290. The molecular weight excluding hydrogens is 430 g/mol. The van der Waals surface area contributed by atoms with E-state index in [0.717, 1.165) is 22.2 Å². The third-order valence-electron chi connectivity index (χ3n) is 5.80. The molecule has 0 aliphatic carbocycles. The molecule has 6 nitrogen and oxygen atoms in total. The molecule has 1 amide bonds. The number of nitrogens with zero attached hydrogens (tertiary/aromatic N) is 3. The molecule has 0 radical (unpaired) electrons. The fourth-order valence-corrected chi connectivity index (χ4v) is 7.15. The number of aromatic nitrogens is 1. The summed E-state index contributed by atoms with van der Waals surface area (Å²) < 4.78 is 30.6. The standard InChI is InChI=1S/C23H27N3O3S2/c1-15-12-16(2)14-26(13-15)31(28,29)19-10-8-18(9-11-19)22(27)24-23-25(4)21-17(3)6-5-7-20(21)30-23/h5-11,15-16H,12-14H2,1-4H3/t15-,16-/m1/s1. The molecular formula is C23H27N3O3S2. The van der Waals surface area contributed by atoms with Crippen molar-refractivity contribution in [3.8, 4) is 0 Å². The number of rotatable bonds is 3. The number of carbonyl (C=O) groups is 1. The summed E-state index contributed by atoms with van der Waals surface area (Å²) in [5, 5.41) is 0. The van der Waals surface area contributed by atoms with E-state index in [-0.39, 0.29) is 10.8 Å². The van der Waals surface area contributed by atoms with Gasteiger partial charge in [0.15, 0.2) is 4.80 Å². The summed E-state index contributed by atoms with van der Waals surface area (Å²) in [6.07, 6.45) is 1.04. The number of para-hydroxylation sites is 1. The molecule has 0 bridgehead atoms. The van der Waals surface area contributed by atoms with E-state index >= 15 is 0 Å². The summed E-state index contributed by atoms with van der Waals surface area (Å²) in [6, 6.07) is 12.2. The first kappa shape index (κ1) is 21.9. The Morgan fingerprint density at radius 2 is 1.71 bits per heavy atom. The zero-order valence-electron chi connectivity index (χ0n) is 18.2. The molecule has 1 aromatic heterocycles. The molecule has 8 heteroatoms. The van der Waals surface area contributed by atoms with Crippen LogP contribution in [0.15, 0.2) is 52.4 Å². The van der Waals surface area contributed by atoms with Gasteiger partial charge in [0.25, 0.3) is 5.91 Å². The van der Waals surface area contributed by atoms with Crippen LogP contribution in [-0.2, 0) is 17.1 Å². The van der Waals surface area contributed by atoms with Gasteiger partial charge in [-0.25, -0.2) is 8.42 Å². The second-order valence-electron chi connectivity index (χ2n) is 8.57.